The summed E-state index contributed by atoms with van der Waals surface area (Å²) in [5.41, 5.74) is 6.46. The number of esters is 1. The molecule has 2 aliphatic heterocycles. The van der Waals surface area contributed by atoms with Gasteiger partial charge in [-0.15, -0.1) is 0 Å². The molecule has 0 radical (unpaired) electrons. The summed E-state index contributed by atoms with van der Waals surface area (Å²) in [5.74, 6) is 3.91. The number of methoxy groups -OCH3 is 1. The van der Waals surface area contributed by atoms with Crippen LogP contribution in [0.2, 0.25) is 0 Å². The number of aliphatic hydroxyl groups is 2. The number of fused-ring (bicyclic) bond motifs is 6. The monoisotopic (exact) mass is 735 g/mol. The van der Waals surface area contributed by atoms with E-state index in [-0.39, 0.29) is 66.0 Å². The second-order valence-corrected chi connectivity index (χ2v) is 18.8. The zero-order chi connectivity index (χ0) is 36.6. The SMILES string of the molecule is CNC[C@@H](C[NH2+]C)OC1CC([C@H]2OC3C(CCC4C5C(CC(O)CC5OC)C[C@@]5(CC[C@@H](CC6CCC(N)[NH2+]C6)C5)C43)[C@H]2COC(C)=O)CCC1O. The molecule has 0 amide bonds. The number of piperidine rings is 1. The van der Waals surface area contributed by atoms with E-state index in [0.717, 1.165) is 76.4 Å². The van der Waals surface area contributed by atoms with Crippen LogP contribution in [0.15, 0.2) is 0 Å². The Morgan fingerprint density at radius 3 is 2.56 bits per heavy atom. The minimum atomic E-state index is -0.480. The summed E-state index contributed by atoms with van der Waals surface area (Å²) < 4.78 is 26.4. The third-order valence-corrected chi connectivity index (χ3v) is 15.7. The zero-order valence-electron chi connectivity index (χ0n) is 32.7. The van der Waals surface area contributed by atoms with Crippen molar-refractivity contribution in [1.82, 2.24) is 5.32 Å². The van der Waals surface area contributed by atoms with Crippen LogP contribution in [-0.4, -0.2) is 113 Å². The predicted octanol–water partition coefficient (Wildman–Crippen LogP) is 1.14. The van der Waals surface area contributed by atoms with Crippen molar-refractivity contribution in [3.8, 4) is 0 Å². The lowest BCUT2D eigenvalue weighted by atomic mass is 9.45. The average molecular weight is 735 g/mol. The molecule has 52 heavy (non-hydrogen) atoms. The third-order valence-electron chi connectivity index (χ3n) is 15.7. The second kappa shape index (κ2) is 17.1. The molecule has 0 aromatic rings. The van der Waals surface area contributed by atoms with Gasteiger partial charge < -0.3 is 45.1 Å². The van der Waals surface area contributed by atoms with Gasteiger partial charge in [0.05, 0.1) is 56.8 Å². The highest BCUT2D eigenvalue weighted by Crippen LogP contribution is 2.68. The Morgan fingerprint density at radius 1 is 1.00 bits per heavy atom. The van der Waals surface area contributed by atoms with Crippen LogP contribution in [0.4, 0.5) is 0 Å². The van der Waals surface area contributed by atoms with Gasteiger partial charge in [-0.1, -0.05) is 0 Å². The molecular formula is C41H74N4O7+2. The molecule has 7 rings (SSSR count). The molecule has 18 atom stereocenters. The molecule has 0 aromatic heterocycles. The normalized spacial score (nSPS) is 48.1. The van der Waals surface area contributed by atoms with Gasteiger partial charge >= 0.3 is 5.97 Å². The van der Waals surface area contributed by atoms with Gasteiger partial charge in [0.15, 0.2) is 0 Å². The zero-order valence-corrected chi connectivity index (χ0v) is 32.7. The Hall–Kier alpha value is -0.890. The summed E-state index contributed by atoms with van der Waals surface area (Å²) in [7, 11) is 5.87. The molecule has 11 heteroatoms. The van der Waals surface area contributed by atoms with E-state index in [9.17, 15) is 15.0 Å². The highest BCUT2D eigenvalue weighted by molar-refractivity contribution is 5.65. The van der Waals surface area contributed by atoms with Crippen LogP contribution in [-0.2, 0) is 23.7 Å². The summed E-state index contributed by atoms with van der Waals surface area (Å²) >= 11 is 0. The van der Waals surface area contributed by atoms with Gasteiger partial charge in [-0.2, -0.15) is 0 Å². The van der Waals surface area contributed by atoms with Crippen molar-refractivity contribution < 1.29 is 44.6 Å². The Balaban J connectivity index is 1.17. The van der Waals surface area contributed by atoms with Crippen molar-refractivity contribution in [2.75, 3.05) is 47.4 Å². The van der Waals surface area contributed by atoms with Gasteiger partial charge in [-0.05, 0) is 137 Å². The number of nitrogens with one attached hydrogen (secondary N) is 1. The Kier molecular flexibility index (Phi) is 12.9. The number of aliphatic hydroxyl groups excluding tert-OH is 2. The lowest BCUT2D eigenvalue weighted by molar-refractivity contribution is -0.703. The number of nitrogens with two attached hydrogens (primary N) is 3. The molecule has 9 N–H and O–H groups in total. The molecule has 5 saturated carbocycles. The molecule has 7 fully saturated rings. The highest BCUT2D eigenvalue weighted by Gasteiger charge is 2.65. The number of rotatable bonds is 12. The first kappa shape index (κ1) is 39.3. The van der Waals surface area contributed by atoms with Gasteiger partial charge in [0, 0.05) is 38.8 Å². The Labute approximate surface area is 312 Å². The maximum atomic E-state index is 12.3. The molecule has 0 aromatic carbocycles. The first-order valence-electron chi connectivity index (χ1n) is 21.5. The topological polar surface area (TPSA) is 166 Å². The van der Waals surface area contributed by atoms with Crippen molar-refractivity contribution in [3.63, 3.8) is 0 Å². The lowest BCUT2D eigenvalue weighted by Gasteiger charge is -2.61. The summed E-state index contributed by atoms with van der Waals surface area (Å²) in [5, 5.41) is 30.1. The van der Waals surface area contributed by atoms with Crippen LogP contribution in [0, 0.1) is 58.7 Å². The fraction of sp³-hybridized carbons (Fsp3) is 0.976. The van der Waals surface area contributed by atoms with Gasteiger partial charge in [0.1, 0.15) is 18.8 Å². The van der Waals surface area contributed by atoms with E-state index in [1.54, 1.807) is 0 Å². The summed E-state index contributed by atoms with van der Waals surface area (Å²) in [4.78, 5) is 12.3. The minimum absolute atomic E-state index is 0.0208. The van der Waals surface area contributed by atoms with Crippen LogP contribution in [0.5, 0.6) is 0 Å². The van der Waals surface area contributed by atoms with E-state index in [1.807, 2.05) is 14.2 Å². The maximum Gasteiger partial charge on any atom is 0.302 e. The Morgan fingerprint density at radius 2 is 1.83 bits per heavy atom. The molecule has 1 spiro atoms. The fourth-order valence-electron chi connectivity index (χ4n) is 13.8. The van der Waals surface area contributed by atoms with E-state index in [2.05, 4.69) is 23.0 Å². The molecule has 2 heterocycles. The molecule has 13 unspecified atom stereocenters. The number of carbonyl (C=O) groups is 1. The number of likely N-dealkylation sites (N-methyl/N-ethyl adjacent to an activating group) is 2. The molecule has 5 aliphatic carbocycles. The smallest absolute Gasteiger partial charge is 0.302 e. The fourth-order valence-corrected chi connectivity index (χ4v) is 13.8. The van der Waals surface area contributed by atoms with Crippen LogP contribution in [0.3, 0.4) is 0 Å². The minimum Gasteiger partial charge on any atom is -0.465 e. The van der Waals surface area contributed by atoms with E-state index in [0.29, 0.717) is 42.6 Å². The van der Waals surface area contributed by atoms with Crippen LogP contribution >= 0.6 is 0 Å². The number of hydrogen-bond donors (Lipinski definition) is 6. The molecule has 2 saturated heterocycles. The number of carbonyl (C=O) groups excluding carboxylic acids is 1. The quantitative estimate of drug-likeness (QED) is 0.161. The van der Waals surface area contributed by atoms with Crippen LogP contribution < -0.4 is 21.7 Å². The third kappa shape index (κ3) is 8.15. The van der Waals surface area contributed by atoms with E-state index >= 15 is 0 Å². The lowest BCUT2D eigenvalue weighted by Crippen LogP contribution is -2.95. The summed E-state index contributed by atoms with van der Waals surface area (Å²) in [6.07, 6.45) is 14.4. The van der Waals surface area contributed by atoms with Gasteiger partial charge in [0.2, 0.25) is 0 Å². The predicted molar refractivity (Wildman–Crippen MR) is 197 cm³/mol. The average Bonchev–Trinajstić information content (AvgIpc) is 3.69. The Bertz CT molecular complexity index is 1170. The van der Waals surface area contributed by atoms with E-state index in [1.165, 1.54) is 45.4 Å². The molecule has 298 valence electrons. The van der Waals surface area contributed by atoms with Gasteiger partial charge in [-0.3, -0.25) is 10.5 Å². The molecule has 11 nitrogen and oxygen atoms in total. The molecule has 0 bridgehead atoms. The van der Waals surface area contributed by atoms with Crippen LogP contribution in [0.1, 0.15) is 96.8 Å². The number of hydrogen-bond acceptors (Lipinski definition) is 9. The maximum absolute atomic E-state index is 12.3. The van der Waals surface area contributed by atoms with Crippen molar-refractivity contribution in [3.05, 3.63) is 0 Å². The van der Waals surface area contributed by atoms with E-state index < -0.39 is 6.10 Å². The summed E-state index contributed by atoms with van der Waals surface area (Å²) in [6, 6.07) is 0. The second-order valence-electron chi connectivity index (χ2n) is 18.8. The molecular weight excluding hydrogens is 660 g/mol. The van der Waals surface area contributed by atoms with Crippen molar-refractivity contribution >= 4 is 5.97 Å². The standard InChI is InChI=1S/C41H72N4O7/c1-23(46)50-22-32-30-7-8-31-37-27(14-28(47)16-35(37)49-4)18-41(12-11-24(17-41)13-25-5-10-36(42)45-19-25)38(31)40(30)52-39(32)26-6-9-33(48)34(15-26)51-29(20-43-2)21-44-3/h24-40,43-45,47-48H,5-22,42H2,1-4H3/p+2/t24-,25?,26?,27?,28?,30?,31?,32+,33?,34?,35?,36?,37?,38?,39+,40?,41-/m0/s1. The van der Waals surface area contributed by atoms with E-state index in [4.69, 9.17) is 24.7 Å². The van der Waals surface area contributed by atoms with Gasteiger partial charge in [0.25, 0.3) is 0 Å². The van der Waals surface area contributed by atoms with Crippen molar-refractivity contribution in [2.45, 2.75) is 146 Å². The van der Waals surface area contributed by atoms with Crippen molar-refractivity contribution in [2.24, 2.45) is 64.4 Å². The number of ether oxygens (including phenoxy) is 4. The van der Waals surface area contributed by atoms with Gasteiger partial charge in [-0.25, -0.2) is 0 Å². The van der Waals surface area contributed by atoms with Crippen molar-refractivity contribution in [1.29, 1.82) is 0 Å². The van der Waals surface area contributed by atoms with Crippen LogP contribution in [0.25, 0.3) is 0 Å². The molecule has 7 aliphatic rings. The number of quaternary nitrogens is 2. The largest absolute Gasteiger partial charge is 0.465 e. The first-order valence-corrected chi connectivity index (χ1v) is 21.5. The summed E-state index contributed by atoms with van der Waals surface area (Å²) in [6.45, 7) is 4.68. The first-order chi connectivity index (χ1) is 25.1. The highest BCUT2D eigenvalue weighted by atomic mass is 16.5.